The molecule has 0 saturated heterocycles. The number of carbonyl (C=O) groups is 1. The third kappa shape index (κ3) is 1.37. The summed E-state index contributed by atoms with van der Waals surface area (Å²) in [6.07, 6.45) is 0.288. The quantitative estimate of drug-likeness (QED) is 0.770. The average Bonchev–Trinajstić information content (AvgIpc) is 2.17. The Labute approximate surface area is 86.5 Å². The summed E-state index contributed by atoms with van der Waals surface area (Å²) < 4.78 is 18.8. The smallest absolute Gasteiger partial charge is 0.314 e. The zero-order chi connectivity index (χ0) is 11.1. The van der Waals surface area contributed by atoms with Gasteiger partial charge in [0.05, 0.1) is 12.0 Å². The lowest BCUT2D eigenvalue weighted by Crippen LogP contribution is -2.38. The number of carboxylic acids is 1. The Kier molecular flexibility index (Phi) is 2.14. The summed E-state index contributed by atoms with van der Waals surface area (Å²) in [4.78, 5) is 11.2. The van der Waals surface area contributed by atoms with Crippen molar-refractivity contribution in [2.45, 2.75) is 18.8 Å². The van der Waals surface area contributed by atoms with Crippen molar-refractivity contribution in [1.29, 1.82) is 0 Å². The minimum Gasteiger partial charge on any atom is -0.493 e. The van der Waals surface area contributed by atoms with Gasteiger partial charge in [0, 0.05) is 12.0 Å². The SMILES string of the molecule is CC1(C(=O)O)CCOc2cccc(F)c21. The molecular weight excluding hydrogens is 199 g/mol. The maximum Gasteiger partial charge on any atom is 0.314 e. The topological polar surface area (TPSA) is 46.5 Å². The summed E-state index contributed by atoms with van der Waals surface area (Å²) in [7, 11) is 0. The molecule has 0 saturated carbocycles. The molecule has 1 aromatic rings. The highest BCUT2D eigenvalue weighted by atomic mass is 19.1. The van der Waals surface area contributed by atoms with E-state index in [1.54, 1.807) is 6.07 Å². The molecule has 1 aromatic carbocycles. The fourth-order valence-corrected chi connectivity index (χ4v) is 1.86. The van der Waals surface area contributed by atoms with Crippen molar-refractivity contribution in [3.8, 4) is 5.75 Å². The minimum absolute atomic E-state index is 0.156. The number of hydrogen-bond acceptors (Lipinski definition) is 2. The van der Waals surface area contributed by atoms with E-state index in [2.05, 4.69) is 0 Å². The van der Waals surface area contributed by atoms with E-state index in [1.807, 2.05) is 0 Å². The highest BCUT2D eigenvalue weighted by Gasteiger charge is 2.42. The van der Waals surface area contributed by atoms with E-state index in [9.17, 15) is 9.18 Å². The van der Waals surface area contributed by atoms with Crippen molar-refractivity contribution < 1.29 is 19.0 Å². The minimum atomic E-state index is -1.18. The van der Waals surface area contributed by atoms with Crippen LogP contribution in [0.2, 0.25) is 0 Å². The number of hydrogen-bond donors (Lipinski definition) is 1. The molecule has 1 aliphatic rings. The van der Waals surface area contributed by atoms with E-state index in [1.165, 1.54) is 19.1 Å². The fourth-order valence-electron chi connectivity index (χ4n) is 1.86. The van der Waals surface area contributed by atoms with Crippen LogP contribution in [0.1, 0.15) is 18.9 Å². The van der Waals surface area contributed by atoms with Gasteiger partial charge in [-0.1, -0.05) is 6.07 Å². The van der Waals surface area contributed by atoms with Gasteiger partial charge in [0.1, 0.15) is 11.6 Å². The number of fused-ring (bicyclic) bond motifs is 1. The maximum atomic E-state index is 13.6. The Balaban J connectivity index is 2.64. The van der Waals surface area contributed by atoms with Crippen LogP contribution in [0, 0.1) is 5.82 Å². The molecule has 4 heteroatoms. The Morgan fingerprint density at radius 2 is 2.33 bits per heavy atom. The molecule has 1 atom stereocenters. The molecule has 0 amide bonds. The number of rotatable bonds is 1. The van der Waals surface area contributed by atoms with Gasteiger partial charge in [-0.2, -0.15) is 0 Å². The number of halogens is 1. The zero-order valence-electron chi connectivity index (χ0n) is 8.29. The highest BCUT2D eigenvalue weighted by Crippen LogP contribution is 2.40. The second-order valence-electron chi connectivity index (χ2n) is 3.85. The molecular formula is C11H11FO3. The molecule has 0 aliphatic carbocycles. The van der Waals surface area contributed by atoms with Crippen LogP contribution in [-0.2, 0) is 10.2 Å². The van der Waals surface area contributed by atoms with Gasteiger partial charge in [-0.25, -0.2) is 4.39 Å². The molecule has 3 nitrogen and oxygen atoms in total. The van der Waals surface area contributed by atoms with Gasteiger partial charge in [-0.3, -0.25) is 4.79 Å². The molecule has 0 spiro atoms. The molecule has 1 aliphatic heterocycles. The number of ether oxygens (including phenoxy) is 1. The van der Waals surface area contributed by atoms with Crippen molar-refractivity contribution in [3.05, 3.63) is 29.6 Å². The van der Waals surface area contributed by atoms with Crippen LogP contribution in [-0.4, -0.2) is 17.7 Å². The second-order valence-corrected chi connectivity index (χ2v) is 3.85. The first-order chi connectivity index (χ1) is 7.05. The monoisotopic (exact) mass is 210 g/mol. The third-order valence-electron chi connectivity index (χ3n) is 2.86. The standard InChI is InChI=1S/C11H11FO3/c1-11(10(13)14)5-6-15-8-4-2-3-7(12)9(8)11/h2-4H,5-6H2,1H3,(H,13,14). The average molecular weight is 210 g/mol. The van der Waals surface area contributed by atoms with Crippen LogP contribution in [0.15, 0.2) is 18.2 Å². The second kappa shape index (κ2) is 3.22. The van der Waals surface area contributed by atoms with E-state index >= 15 is 0 Å². The molecule has 0 bridgehead atoms. The van der Waals surface area contributed by atoms with E-state index in [-0.39, 0.29) is 12.0 Å². The highest BCUT2D eigenvalue weighted by molar-refractivity contribution is 5.82. The summed E-state index contributed by atoms with van der Waals surface area (Å²) in [5, 5.41) is 9.15. The first-order valence-electron chi connectivity index (χ1n) is 4.71. The number of carboxylic acid groups (broad SMARTS) is 1. The molecule has 0 fully saturated rings. The van der Waals surface area contributed by atoms with Crippen molar-refractivity contribution in [3.63, 3.8) is 0 Å². The molecule has 15 heavy (non-hydrogen) atoms. The van der Waals surface area contributed by atoms with Crippen molar-refractivity contribution >= 4 is 5.97 Å². The molecule has 1 N–H and O–H groups in total. The Bertz CT molecular complexity index is 416. The van der Waals surface area contributed by atoms with E-state index in [0.717, 1.165) is 0 Å². The number of aliphatic carboxylic acids is 1. The predicted octanol–water partition coefficient (Wildman–Crippen LogP) is 1.95. The van der Waals surface area contributed by atoms with Crippen molar-refractivity contribution in [1.82, 2.24) is 0 Å². The molecule has 1 unspecified atom stereocenters. The summed E-state index contributed by atoms with van der Waals surface area (Å²) in [6, 6.07) is 4.37. The van der Waals surface area contributed by atoms with Gasteiger partial charge in [-0.15, -0.1) is 0 Å². The first-order valence-corrected chi connectivity index (χ1v) is 4.71. The Hall–Kier alpha value is -1.58. The Morgan fingerprint density at radius 3 is 3.00 bits per heavy atom. The van der Waals surface area contributed by atoms with Gasteiger partial charge < -0.3 is 9.84 Å². The van der Waals surface area contributed by atoms with E-state index in [4.69, 9.17) is 9.84 Å². The third-order valence-corrected chi connectivity index (χ3v) is 2.86. The fraction of sp³-hybridized carbons (Fsp3) is 0.364. The summed E-state index contributed by atoms with van der Waals surface area (Å²) in [5.41, 5.74) is -1.03. The van der Waals surface area contributed by atoms with Gasteiger partial charge in [0.25, 0.3) is 0 Å². The lowest BCUT2D eigenvalue weighted by atomic mass is 9.77. The van der Waals surface area contributed by atoms with Crippen LogP contribution in [0.3, 0.4) is 0 Å². The molecule has 80 valence electrons. The summed E-state index contributed by atoms with van der Waals surface area (Å²) >= 11 is 0. The van der Waals surface area contributed by atoms with Crippen LogP contribution in [0.4, 0.5) is 4.39 Å². The Morgan fingerprint density at radius 1 is 1.60 bits per heavy atom. The van der Waals surface area contributed by atoms with Crippen LogP contribution in [0.25, 0.3) is 0 Å². The number of benzene rings is 1. The predicted molar refractivity (Wildman–Crippen MR) is 51.5 cm³/mol. The largest absolute Gasteiger partial charge is 0.493 e. The maximum absolute atomic E-state index is 13.6. The van der Waals surface area contributed by atoms with Crippen LogP contribution in [0.5, 0.6) is 5.75 Å². The lowest BCUT2D eigenvalue weighted by molar-refractivity contribution is -0.144. The lowest BCUT2D eigenvalue weighted by Gasteiger charge is -2.32. The normalized spacial score (nSPS) is 24.1. The molecule has 0 aromatic heterocycles. The van der Waals surface area contributed by atoms with Gasteiger partial charge in [0.15, 0.2) is 0 Å². The van der Waals surface area contributed by atoms with Crippen molar-refractivity contribution in [2.24, 2.45) is 0 Å². The zero-order valence-corrected chi connectivity index (χ0v) is 8.29. The van der Waals surface area contributed by atoms with Gasteiger partial charge >= 0.3 is 5.97 Å². The summed E-state index contributed by atoms with van der Waals surface area (Å²) in [6.45, 7) is 1.83. The van der Waals surface area contributed by atoms with Gasteiger partial charge in [-0.05, 0) is 19.1 Å². The summed E-state index contributed by atoms with van der Waals surface area (Å²) in [5.74, 6) is -1.19. The van der Waals surface area contributed by atoms with Crippen LogP contribution < -0.4 is 4.74 Å². The molecule has 1 heterocycles. The first kappa shape index (κ1) is 9.96. The van der Waals surface area contributed by atoms with E-state index in [0.29, 0.717) is 12.4 Å². The molecule has 0 radical (unpaired) electrons. The van der Waals surface area contributed by atoms with Crippen LogP contribution >= 0.6 is 0 Å². The van der Waals surface area contributed by atoms with Gasteiger partial charge in [0.2, 0.25) is 0 Å². The molecule has 2 rings (SSSR count). The van der Waals surface area contributed by atoms with Crippen molar-refractivity contribution in [2.75, 3.05) is 6.61 Å². The van der Waals surface area contributed by atoms with E-state index < -0.39 is 17.2 Å².